The number of guanidine groups is 1. The van der Waals surface area contributed by atoms with Crippen molar-refractivity contribution in [2.75, 3.05) is 13.6 Å². The van der Waals surface area contributed by atoms with Crippen LogP contribution in [0.1, 0.15) is 22.5 Å². The number of carbonyl (C=O) groups excluding carboxylic acids is 1. The fourth-order valence-corrected chi connectivity index (χ4v) is 3.54. The zero-order chi connectivity index (χ0) is 23.1. The number of aromatic nitrogens is 2. The molecule has 1 unspecified atom stereocenters. The molecule has 1 atom stereocenters. The van der Waals surface area contributed by atoms with Gasteiger partial charge in [0.25, 0.3) is 0 Å². The van der Waals surface area contributed by atoms with Gasteiger partial charge in [-0.1, -0.05) is 30.3 Å². The lowest BCUT2D eigenvalue weighted by Gasteiger charge is -2.18. The van der Waals surface area contributed by atoms with Gasteiger partial charge in [0.05, 0.1) is 17.3 Å². The molecule has 7 nitrogen and oxygen atoms in total. The molecule has 4 N–H and O–H groups in total. The first kappa shape index (κ1) is 26.3. The summed E-state index contributed by atoms with van der Waals surface area (Å²) in [5.41, 5.74) is 10.5. The highest BCUT2D eigenvalue weighted by molar-refractivity contribution is 14.0. The quantitative estimate of drug-likeness (QED) is 0.222. The fraction of sp³-hybridized carbons (Fsp3) is 0.292. The first-order chi connectivity index (χ1) is 15.4. The van der Waals surface area contributed by atoms with Crippen LogP contribution in [0.25, 0.3) is 5.69 Å². The van der Waals surface area contributed by atoms with Gasteiger partial charge in [0.1, 0.15) is 5.82 Å². The summed E-state index contributed by atoms with van der Waals surface area (Å²) in [6.45, 7) is 4.83. The molecule has 0 bridgehead atoms. The Labute approximate surface area is 210 Å². The minimum absolute atomic E-state index is 0. The Morgan fingerprint density at radius 2 is 1.85 bits per heavy atom. The summed E-state index contributed by atoms with van der Waals surface area (Å²) in [5, 5.41) is 11.0. The molecular weight excluding hydrogens is 534 g/mol. The number of carbonyl (C=O) groups is 1. The molecule has 2 aromatic carbocycles. The van der Waals surface area contributed by atoms with E-state index in [1.807, 2.05) is 48.9 Å². The van der Waals surface area contributed by atoms with E-state index in [9.17, 15) is 9.18 Å². The maximum atomic E-state index is 13.1. The second-order valence-electron chi connectivity index (χ2n) is 7.70. The number of nitrogens with two attached hydrogens (primary N) is 1. The van der Waals surface area contributed by atoms with Crippen LogP contribution in [-0.4, -0.2) is 35.2 Å². The SMILES string of the molecule is CN=C(NCc1ccccc1-n1nc(C)cc1C)NCC(Cc1ccc(F)cc1)C(N)=O.I. The molecule has 0 spiro atoms. The zero-order valence-electron chi connectivity index (χ0n) is 19.0. The molecule has 0 saturated carbocycles. The van der Waals surface area contributed by atoms with Crippen molar-refractivity contribution in [2.24, 2.45) is 16.6 Å². The number of halogens is 2. The first-order valence-electron chi connectivity index (χ1n) is 10.5. The van der Waals surface area contributed by atoms with Crippen molar-refractivity contribution in [3.05, 3.63) is 82.9 Å². The van der Waals surface area contributed by atoms with Crippen molar-refractivity contribution in [1.29, 1.82) is 0 Å². The van der Waals surface area contributed by atoms with Crippen LogP contribution in [0.3, 0.4) is 0 Å². The molecule has 3 aromatic rings. The van der Waals surface area contributed by atoms with Crippen LogP contribution in [0, 0.1) is 25.6 Å². The third kappa shape index (κ3) is 7.28. The number of amides is 1. The van der Waals surface area contributed by atoms with Gasteiger partial charge < -0.3 is 16.4 Å². The summed E-state index contributed by atoms with van der Waals surface area (Å²) in [4.78, 5) is 16.2. The van der Waals surface area contributed by atoms with Gasteiger partial charge in [-0.3, -0.25) is 9.79 Å². The molecule has 1 aromatic heterocycles. The van der Waals surface area contributed by atoms with Gasteiger partial charge in [-0.25, -0.2) is 9.07 Å². The lowest BCUT2D eigenvalue weighted by molar-refractivity contribution is -0.121. The minimum Gasteiger partial charge on any atom is -0.369 e. The van der Waals surface area contributed by atoms with Crippen molar-refractivity contribution in [2.45, 2.75) is 26.8 Å². The number of aryl methyl sites for hydroxylation is 2. The lowest BCUT2D eigenvalue weighted by atomic mass is 9.98. The maximum absolute atomic E-state index is 13.1. The molecule has 176 valence electrons. The highest BCUT2D eigenvalue weighted by atomic mass is 127. The number of rotatable bonds is 8. The molecule has 1 heterocycles. The van der Waals surface area contributed by atoms with Gasteiger partial charge in [0.15, 0.2) is 5.96 Å². The average molecular weight is 564 g/mol. The minimum atomic E-state index is -0.457. The Morgan fingerprint density at radius 1 is 1.15 bits per heavy atom. The second-order valence-corrected chi connectivity index (χ2v) is 7.70. The molecule has 3 rings (SSSR count). The van der Waals surface area contributed by atoms with Gasteiger partial charge >= 0.3 is 0 Å². The number of nitrogens with zero attached hydrogens (tertiary/aromatic N) is 3. The highest BCUT2D eigenvalue weighted by Gasteiger charge is 2.17. The smallest absolute Gasteiger partial charge is 0.222 e. The molecule has 1 amide bonds. The maximum Gasteiger partial charge on any atom is 0.222 e. The van der Waals surface area contributed by atoms with Gasteiger partial charge in [0.2, 0.25) is 5.91 Å². The molecule has 0 saturated heterocycles. The van der Waals surface area contributed by atoms with E-state index in [1.54, 1.807) is 19.2 Å². The van der Waals surface area contributed by atoms with E-state index in [-0.39, 0.29) is 29.8 Å². The summed E-state index contributed by atoms with van der Waals surface area (Å²) in [7, 11) is 1.67. The first-order valence-corrected chi connectivity index (χ1v) is 10.5. The summed E-state index contributed by atoms with van der Waals surface area (Å²) in [5.74, 6) is -0.639. The zero-order valence-corrected chi connectivity index (χ0v) is 21.3. The molecule has 9 heteroatoms. The highest BCUT2D eigenvalue weighted by Crippen LogP contribution is 2.17. The van der Waals surface area contributed by atoms with Crippen LogP contribution < -0.4 is 16.4 Å². The molecule has 0 aliphatic rings. The number of hydrogen-bond acceptors (Lipinski definition) is 3. The molecule has 0 aliphatic carbocycles. The van der Waals surface area contributed by atoms with Crippen molar-refractivity contribution < 1.29 is 9.18 Å². The van der Waals surface area contributed by atoms with Crippen LogP contribution in [-0.2, 0) is 17.8 Å². The largest absolute Gasteiger partial charge is 0.369 e. The number of aliphatic imine (C=N–C) groups is 1. The molecule has 0 fully saturated rings. The van der Waals surface area contributed by atoms with Crippen LogP contribution in [0.4, 0.5) is 4.39 Å². The van der Waals surface area contributed by atoms with E-state index in [2.05, 4.69) is 20.7 Å². The molecule has 33 heavy (non-hydrogen) atoms. The average Bonchev–Trinajstić information content (AvgIpc) is 3.12. The fourth-order valence-electron chi connectivity index (χ4n) is 3.54. The summed E-state index contributed by atoms with van der Waals surface area (Å²) < 4.78 is 15.1. The standard InChI is InChI=1S/C24H29FN6O.HI/c1-16-12-17(2)31(30-16)22-7-5-4-6-19(22)14-28-24(27-3)29-15-20(23(26)32)13-18-8-10-21(25)11-9-18;/h4-12,20H,13-15H2,1-3H3,(H2,26,32)(H2,27,28,29);1H. The molecule has 0 radical (unpaired) electrons. The monoisotopic (exact) mass is 564 g/mol. The van der Waals surface area contributed by atoms with Crippen molar-refractivity contribution in [3.8, 4) is 5.69 Å². The van der Waals surface area contributed by atoms with E-state index in [0.717, 1.165) is 28.2 Å². The lowest BCUT2D eigenvalue weighted by Crippen LogP contribution is -2.43. The number of hydrogen-bond donors (Lipinski definition) is 3. The van der Waals surface area contributed by atoms with Gasteiger partial charge in [-0.05, 0) is 55.7 Å². The molecule has 0 aliphatic heterocycles. The summed E-state index contributed by atoms with van der Waals surface area (Å²) in [6.07, 6.45) is 0.417. The predicted octanol–water partition coefficient (Wildman–Crippen LogP) is 3.26. The van der Waals surface area contributed by atoms with Gasteiger partial charge in [-0.2, -0.15) is 5.10 Å². The van der Waals surface area contributed by atoms with Crippen molar-refractivity contribution in [1.82, 2.24) is 20.4 Å². The Hall–Kier alpha value is -2.95. The second kappa shape index (κ2) is 12.3. The number of para-hydroxylation sites is 1. The summed E-state index contributed by atoms with van der Waals surface area (Å²) in [6, 6.07) is 16.1. The van der Waals surface area contributed by atoms with E-state index in [1.165, 1.54) is 12.1 Å². The third-order valence-electron chi connectivity index (χ3n) is 5.21. The van der Waals surface area contributed by atoms with Crippen molar-refractivity contribution in [3.63, 3.8) is 0 Å². The Bertz CT molecular complexity index is 1100. The predicted molar refractivity (Wildman–Crippen MR) is 139 cm³/mol. The normalized spacial score (nSPS) is 12.1. The van der Waals surface area contributed by atoms with E-state index in [4.69, 9.17) is 5.73 Å². The van der Waals surface area contributed by atoms with Gasteiger partial charge in [0, 0.05) is 25.8 Å². The van der Waals surface area contributed by atoms with Crippen LogP contribution >= 0.6 is 24.0 Å². The third-order valence-corrected chi connectivity index (χ3v) is 5.21. The van der Waals surface area contributed by atoms with Crippen LogP contribution in [0.15, 0.2) is 59.6 Å². The Morgan fingerprint density at radius 3 is 2.45 bits per heavy atom. The number of benzene rings is 2. The number of nitrogens with one attached hydrogen (secondary N) is 2. The summed E-state index contributed by atoms with van der Waals surface area (Å²) >= 11 is 0. The van der Waals surface area contributed by atoms with E-state index in [0.29, 0.717) is 25.5 Å². The Kier molecular flexibility index (Phi) is 9.83. The van der Waals surface area contributed by atoms with Crippen LogP contribution in [0.2, 0.25) is 0 Å². The molecular formula is C24H30FIN6O. The number of primary amides is 1. The van der Waals surface area contributed by atoms with Gasteiger partial charge in [-0.15, -0.1) is 24.0 Å². The Balaban J connectivity index is 0.00000385. The van der Waals surface area contributed by atoms with Crippen molar-refractivity contribution >= 4 is 35.8 Å². The van der Waals surface area contributed by atoms with E-state index < -0.39 is 11.8 Å². The van der Waals surface area contributed by atoms with E-state index >= 15 is 0 Å². The topological polar surface area (TPSA) is 97.3 Å². The van der Waals surface area contributed by atoms with Crippen LogP contribution in [0.5, 0.6) is 0 Å².